The van der Waals surface area contributed by atoms with Crippen LogP contribution in [0, 0.1) is 5.92 Å². The highest BCUT2D eigenvalue weighted by molar-refractivity contribution is 5.03. The fraction of sp³-hybridized carbons (Fsp3) is 0.818. The zero-order chi connectivity index (χ0) is 10.3. The number of rotatable bonds is 1. The Balaban J connectivity index is 1.85. The smallest absolute Gasteiger partial charge is 0.156 e. The molecule has 0 radical (unpaired) electrons. The van der Waals surface area contributed by atoms with Gasteiger partial charge in [0, 0.05) is 25.5 Å². The molecule has 1 fully saturated rings. The molecule has 4 nitrogen and oxygen atoms in total. The first kappa shape index (κ1) is 9.33. The second-order valence-electron chi connectivity index (χ2n) is 4.77. The molecule has 2 unspecified atom stereocenters. The summed E-state index contributed by atoms with van der Waals surface area (Å²) in [6.07, 6.45) is 3.42. The number of fused-ring (bicyclic) bond motifs is 1. The molecule has 2 aliphatic heterocycles. The molecule has 1 aromatic heterocycles. The van der Waals surface area contributed by atoms with Crippen LogP contribution >= 0.6 is 0 Å². The van der Waals surface area contributed by atoms with E-state index in [1.54, 1.807) is 0 Å². The summed E-state index contributed by atoms with van der Waals surface area (Å²) in [5.41, 5.74) is 0. The molecule has 1 saturated heterocycles. The van der Waals surface area contributed by atoms with Gasteiger partial charge in [0.15, 0.2) is 5.82 Å². The first-order valence-corrected chi connectivity index (χ1v) is 5.84. The molecule has 2 atom stereocenters. The molecular weight excluding hydrogens is 190 g/mol. The molecule has 3 rings (SSSR count). The van der Waals surface area contributed by atoms with Crippen molar-refractivity contribution in [3.63, 3.8) is 0 Å². The minimum absolute atomic E-state index is 0.443. The molecule has 1 aromatic rings. The highest BCUT2D eigenvalue weighted by atomic mass is 16.5. The van der Waals surface area contributed by atoms with Gasteiger partial charge in [-0.25, -0.2) is 9.67 Å². The summed E-state index contributed by atoms with van der Waals surface area (Å²) in [7, 11) is 0. The van der Waals surface area contributed by atoms with Crippen molar-refractivity contribution in [2.45, 2.75) is 38.6 Å². The average Bonchev–Trinajstić information content (AvgIpc) is 2.84. The third-order valence-corrected chi connectivity index (χ3v) is 3.40. The molecule has 15 heavy (non-hydrogen) atoms. The molecule has 0 spiro atoms. The SMILES string of the molecule is CC1CCc2nc(C3CCOC3)nn2C1. The summed E-state index contributed by atoms with van der Waals surface area (Å²) in [5, 5.41) is 4.61. The van der Waals surface area contributed by atoms with Crippen molar-refractivity contribution in [1.82, 2.24) is 14.8 Å². The third kappa shape index (κ3) is 1.67. The predicted octanol–water partition coefficient (Wildman–Crippen LogP) is 1.36. The van der Waals surface area contributed by atoms with E-state index < -0.39 is 0 Å². The van der Waals surface area contributed by atoms with Crippen LogP contribution in [0.5, 0.6) is 0 Å². The van der Waals surface area contributed by atoms with Crippen molar-refractivity contribution >= 4 is 0 Å². The van der Waals surface area contributed by atoms with Gasteiger partial charge in [-0.3, -0.25) is 0 Å². The van der Waals surface area contributed by atoms with Gasteiger partial charge >= 0.3 is 0 Å². The molecule has 0 aromatic carbocycles. The van der Waals surface area contributed by atoms with Crippen LogP contribution in [0.3, 0.4) is 0 Å². The van der Waals surface area contributed by atoms with Gasteiger partial charge in [-0.15, -0.1) is 0 Å². The summed E-state index contributed by atoms with van der Waals surface area (Å²) in [6, 6.07) is 0. The zero-order valence-electron chi connectivity index (χ0n) is 9.15. The summed E-state index contributed by atoms with van der Waals surface area (Å²) >= 11 is 0. The van der Waals surface area contributed by atoms with E-state index in [2.05, 4.69) is 21.7 Å². The van der Waals surface area contributed by atoms with Crippen molar-refractivity contribution in [2.24, 2.45) is 5.92 Å². The van der Waals surface area contributed by atoms with E-state index in [0.717, 1.165) is 44.3 Å². The maximum atomic E-state index is 5.38. The monoisotopic (exact) mass is 207 g/mol. The summed E-state index contributed by atoms with van der Waals surface area (Å²) in [5.74, 6) is 3.37. The Labute approximate surface area is 89.6 Å². The number of ether oxygens (including phenoxy) is 1. The molecule has 0 bridgehead atoms. The minimum atomic E-state index is 0.443. The van der Waals surface area contributed by atoms with Gasteiger partial charge in [0.05, 0.1) is 6.61 Å². The average molecular weight is 207 g/mol. The molecule has 0 N–H and O–H groups in total. The van der Waals surface area contributed by atoms with Crippen molar-refractivity contribution in [3.05, 3.63) is 11.6 Å². The molecule has 2 aliphatic rings. The normalized spacial score (nSPS) is 30.5. The lowest BCUT2D eigenvalue weighted by atomic mass is 10.0. The van der Waals surface area contributed by atoms with Crippen LogP contribution in [0.4, 0.5) is 0 Å². The third-order valence-electron chi connectivity index (χ3n) is 3.40. The van der Waals surface area contributed by atoms with E-state index in [1.165, 1.54) is 12.2 Å². The fourth-order valence-corrected chi connectivity index (χ4v) is 2.40. The second kappa shape index (κ2) is 3.59. The summed E-state index contributed by atoms with van der Waals surface area (Å²) in [4.78, 5) is 4.64. The van der Waals surface area contributed by atoms with Crippen LogP contribution in [0.1, 0.15) is 37.3 Å². The zero-order valence-corrected chi connectivity index (χ0v) is 9.15. The highest BCUT2D eigenvalue weighted by Gasteiger charge is 2.25. The number of nitrogens with zero attached hydrogens (tertiary/aromatic N) is 3. The molecule has 82 valence electrons. The Morgan fingerprint density at radius 1 is 1.40 bits per heavy atom. The quantitative estimate of drug-likeness (QED) is 0.698. The first-order chi connectivity index (χ1) is 7.33. The lowest BCUT2D eigenvalue weighted by Crippen LogP contribution is -2.19. The van der Waals surface area contributed by atoms with Gasteiger partial charge < -0.3 is 4.74 Å². The molecule has 0 aliphatic carbocycles. The molecular formula is C11H17N3O. The first-order valence-electron chi connectivity index (χ1n) is 5.84. The van der Waals surface area contributed by atoms with Crippen molar-refractivity contribution < 1.29 is 4.74 Å². The van der Waals surface area contributed by atoms with E-state index in [9.17, 15) is 0 Å². The number of aryl methyl sites for hydroxylation is 1. The van der Waals surface area contributed by atoms with Gasteiger partial charge in [-0.1, -0.05) is 6.92 Å². The van der Waals surface area contributed by atoms with E-state index in [-0.39, 0.29) is 0 Å². The summed E-state index contributed by atoms with van der Waals surface area (Å²) in [6.45, 7) is 4.99. The van der Waals surface area contributed by atoms with E-state index in [1.807, 2.05) is 0 Å². The summed E-state index contributed by atoms with van der Waals surface area (Å²) < 4.78 is 7.47. The van der Waals surface area contributed by atoms with Crippen molar-refractivity contribution in [2.75, 3.05) is 13.2 Å². The minimum Gasteiger partial charge on any atom is -0.381 e. The Bertz CT molecular complexity index is 355. The molecule has 4 heteroatoms. The second-order valence-corrected chi connectivity index (χ2v) is 4.77. The van der Waals surface area contributed by atoms with Gasteiger partial charge in [-0.2, -0.15) is 5.10 Å². The topological polar surface area (TPSA) is 39.9 Å². The van der Waals surface area contributed by atoms with Gasteiger partial charge in [0.1, 0.15) is 5.82 Å². The predicted molar refractivity (Wildman–Crippen MR) is 55.7 cm³/mol. The molecule has 0 saturated carbocycles. The largest absolute Gasteiger partial charge is 0.381 e. The van der Waals surface area contributed by atoms with Crippen LogP contribution in [-0.2, 0) is 17.7 Å². The van der Waals surface area contributed by atoms with Crippen LogP contribution in [0.25, 0.3) is 0 Å². The maximum absolute atomic E-state index is 5.38. The number of hydrogen-bond donors (Lipinski definition) is 0. The van der Waals surface area contributed by atoms with Crippen LogP contribution in [0.15, 0.2) is 0 Å². The molecule has 3 heterocycles. The Morgan fingerprint density at radius 2 is 2.33 bits per heavy atom. The van der Waals surface area contributed by atoms with Crippen molar-refractivity contribution in [3.8, 4) is 0 Å². The fourth-order valence-electron chi connectivity index (χ4n) is 2.40. The lowest BCUT2D eigenvalue weighted by molar-refractivity contribution is 0.193. The van der Waals surface area contributed by atoms with E-state index >= 15 is 0 Å². The van der Waals surface area contributed by atoms with Crippen LogP contribution < -0.4 is 0 Å². The Kier molecular flexibility index (Phi) is 2.24. The van der Waals surface area contributed by atoms with Gasteiger partial charge in [0.2, 0.25) is 0 Å². The maximum Gasteiger partial charge on any atom is 0.156 e. The van der Waals surface area contributed by atoms with Crippen LogP contribution in [-0.4, -0.2) is 28.0 Å². The Morgan fingerprint density at radius 3 is 3.13 bits per heavy atom. The van der Waals surface area contributed by atoms with Crippen LogP contribution in [0.2, 0.25) is 0 Å². The number of hydrogen-bond acceptors (Lipinski definition) is 3. The van der Waals surface area contributed by atoms with Crippen molar-refractivity contribution in [1.29, 1.82) is 0 Å². The van der Waals surface area contributed by atoms with Gasteiger partial charge in [0.25, 0.3) is 0 Å². The van der Waals surface area contributed by atoms with E-state index in [4.69, 9.17) is 4.74 Å². The Hall–Kier alpha value is -0.900. The highest BCUT2D eigenvalue weighted by Crippen LogP contribution is 2.25. The lowest BCUT2D eigenvalue weighted by Gasteiger charge is -2.17. The van der Waals surface area contributed by atoms with E-state index in [0.29, 0.717) is 5.92 Å². The number of aromatic nitrogens is 3. The van der Waals surface area contributed by atoms with Gasteiger partial charge in [-0.05, 0) is 18.8 Å². The standard InChI is InChI=1S/C11H17N3O/c1-8-2-3-10-12-11(13-14(10)6-8)9-4-5-15-7-9/h8-9H,2-7H2,1H3. The molecule has 0 amide bonds.